The van der Waals surface area contributed by atoms with E-state index in [4.69, 9.17) is 9.47 Å². The van der Waals surface area contributed by atoms with Crippen LogP contribution in [-0.2, 0) is 27.3 Å². The van der Waals surface area contributed by atoms with Crippen molar-refractivity contribution in [2.75, 3.05) is 13.1 Å². The van der Waals surface area contributed by atoms with Gasteiger partial charge in [-0.2, -0.15) is 9.59 Å². The Balaban J connectivity index is 1.58. The first-order valence-electron chi connectivity index (χ1n) is 12.4. The number of ether oxygens (including phenoxy) is 2. The summed E-state index contributed by atoms with van der Waals surface area (Å²) < 4.78 is 10.8. The molecule has 2 aromatic carbocycles. The Morgan fingerprint density at radius 2 is 1.71 bits per heavy atom. The normalized spacial score (nSPS) is 23.9. The van der Waals surface area contributed by atoms with Gasteiger partial charge in [0.1, 0.15) is 24.8 Å². The lowest BCUT2D eigenvalue weighted by atomic mass is 9.89. The second kappa shape index (κ2) is 10.3. The van der Waals surface area contributed by atoms with Crippen LogP contribution < -0.4 is 5.32 Å². The largest absolute Gasteiger partial charge is 0.527 e. The molecule has 2 amide bonds. The van der Waals surface area contributed by atoms with Crippen molar-refractivity contribution < 1.29 is 28.3 Å². The molecule has 1 saturated heterocycles. The van der Waals surface area contributed by atoms with Crippen LogP contribution in [0.2, 0.25) is 0 Å². The molecule has 1 N–H and O–H groups in total. The first kappa shape index (κ1) is 25.1. The van der Waals surface area contributed by atoms with Crippen molar-refractivity contribution >= 4 is 18.0 Å². The monoisotopic (exact) mass is 479 g/mol. The van der Waals surface area contributed by atoms with Gasteiger partial charge in [-0.15, -0.1) is 4.48 Å². The van der Waals surface area contributed by atoms with Gasteiger partial charge in [0.2, 0.25) is 0 Å². The summed E-state index contributed by atoms with van der Waals surface area (Å²) >= 11 is 0. The number of carbonyl (C=O) groups excluding carboxylic acids is 3. The number of nitrogens with zero attached hydrogens (tertiary/aromatic N) is 1. The topological polar surface area (TPSA) is 81.7 Å². The molecule has 7 heteroatoms. The highest BCUT2D eigenvalue weighted by molar-refractivity contribution is 5.87. The zero-order chi connectivity index (χ0) is 25.1. The summed E-state index contributed by atoms with van der Waals surface area (Å²) in [6.45, 7) is 6.35. The summed E-state index contributed by atoms with van der Waals surface area (Å²) in [4.78, 5) is 40.6. The number of Topliss-reactive ketones (excluding diaryl/α,β-unsaturated/α-hetero) is 1. The van der Waals surface area contributed by atoms with Gasteiger partial charge in [0.25, 0.3) is 0 Å². The van der Waals surface area contributed by atoms with Crippen LogP contribution in [0.5, 0.6) is 0 Å². The number of nitrogens with one attached hydrogen (secondary N) is 1. The summed E-state index contributed by atoms with van der Waals surface area (Å²) in [6.07, 6.45) is 0.850. The molecule has 0 spiro atoms. The van der Waals surface area contributed by atoms with Crippen molar-refractivity contribution in [3.63, 3.8) is 0 Å². The Morgan fingerprint density at radius 3 is 2.46 bits per heavy atom. The van der Waals surface area contributed by atoms with Gasteiger partial charge in [0.15, 0.2) is 5.78 Å². The number of imide groups is 1. The molecule has 0 bridgehead atoms. The van der Waals surface area contributed by atoms with Crippen LogP contribution in [0.1, 0.15) is 62.8 Å². The summed E-state index contributed by atoms with van der Waals surface area (Å²) in [5.41, 5.74) is 2.19. The molecule has 186 valence electrons. The number of ketones is 1. The number of hydrogen-bond donors (Lipinski definition) is 1. The molecule has 2 unspecified atom stereocenters. The minimum Gasteiger partial charge on any atom is -0.415 e. The van der Waals surface area contributed by atoms with E-state index < -0.39 is 34.4 Å². The van der Waals surface area contributed by atoms with Gasteiger partial charge in [-0.05, 0) is 43.9 Å². The number of quaternary nitrogens is 1. The standard InChI is InChI=1S/C28H35N2O5/c1-28(2,3)35-27(33)30(26(32)34-19-20-10-5-4-6-11-20)17-9-13-22(30)18-24(31)25-23-14-8-7-12-21(23)15-16-29-25/h4-8,10-12,14,22,25,29H,9,13,15-19H2,1-3H3/q+1/t22-,25?,30?/m0/s1. The van der Waals surface area contributed by atoms with Gasteiger partial charge in [-0.1, -0.05) is 54.6 Å². The highest BCUT2D eigenvalue weighted by atomic mass is 16.6. The van der Waals surface area contributed by atoms with Crippen molar-refractivity contribution in [3.8, 4) is 0 Å². The van der Waals surface area contributed by atoms with Crippen LogP contribution in [-0.4, -0.2) is 47.2 Å². The SMILES string of the molecule is CC(C)(C)OC(=O)[N+]1(C(=O)OCc2ccccc2)CCC[C@H]1CC(=O)C1NCCc2ccccc21. The van der Waals surface area contributed by atoms with E-state index in [1.165, 1.54) is 0 Å². The molecule has 7 nitrogen and oxygen atoms in total. The number of carbonyl (C=O) groups is 3. The fourth-order valence-corrected chi connectivity index (χ4v) is 5.11. The molecule has 0 saturated carbocycles. The third-order valence-corrected chi connectivity index (χ3v) is 6.79. The van der Waals surface area contributed by atoms with E-state index >= 15 is 0 Å². The molecule has 0 aliphatic carbocycles. The molecular formula is C28H35N2O5+. The second-order valence-corrected chi connectivity index (χ2v) is 10.4. The molecule has 2 aromatic rings. The maximum atomic E-state index is 13.6. The fraction of sp³-hybridized carbons (Fsp3) is 0.464. The zero-order valence-corrected chi connectivity index (χ0v) is 20.8. The fourth-order valence-electron chi connectivity index (χ4n) is 5.11. The molecule has 2 aliphatic rings. The maximum absolute atomic E-state index is 13.6. The second-order valence-electron chi connectivity index (χ2n) is 10.4. The molecule has 0 radical (unpaired) electrons. The number of rotatable bonds is 5. The molecule has 1 fully saturated rings. The van der Waals surface area contributed by atoms with Crippen LogP contribution in [0.25, 0.3) is 0 Å². The molecule has 3 atom stereocenters. The predicted octanol–water partition coefficient (Wildman–Crippen LogP) is 5.08. The quantitative estimate of drug-likeness (QED) is 0.602. The predicted molar refractivity (Wildman–Crippen MR) is 132 cm³/mol. The van der Waals surface area contributed by atoms with Gasteiger partial charge in [-0.25, -0.2) is 0 Å². The number of amides is 2. The van der Waals surface area contributed by atoms with Crippen molar-refractivity contribution in [1.82, 2.24) is 5.32 Å². The first-order chi connectivity index (χ1) is 16.7. The van der Waals surface area contributed by atoms with Crippen molar-refractivity contribution in [3.05, 3.63) is 71.3 Å². The number of fused-ring (bicyclic) bond motifs is 1. The lowest BCUT2D eigenvalue weighted by Crippen LogP contribution is -2.62. The van der Waals surface area contributed by atoms with Crippen LogP contribution in [0.3, 0.4) is 0 Å². The van der Waals surface area contributed by atoms with Crippen molar-refractivity contribution in [2.24, 2.45) is 0 Å². The Morgan fingerprint density at radius 1 is 1.00 bits per heavy atom. The van der Waals surface area contributed by atoms with Crippen LogP contribution in [0.4, 0.5) is 9.59 Å². The van der Waals surface area contributed by atoms with Crippen LogP contribution >= 0.6 is 0 Å². The van der Waals surface area contributed by atoms with Crippen LogP contribution in [0.15, 0.2) is 54.6 Å². The summed E-state index contributed by atoms with van der Waals surface area (Å²) in [7, 11) is 0. The number of hydrogen-bond acceptors (Lipinski definition) is 6. The Labute approximate surface area is 207 Å². The van der Waals surface area contributed by atoms with Gasteiger partial charge in [-0.3, -0.25) is 4.79 Å². The van der Waals surface area contributed by atoms with Gasteiger partial charge >= 0.3 is 12.2 Å². The molecule has 35 heavy (non-hydrogen) atoms. The summed E-state index contributed by atoms with van der Waals surface area (Å²) in [5.74, 6) is -0.0223. The lowest BCUT2D eigenvalue weighted by Gasteiger charge is -2.35. The molecular weight excluding hydrogens is 444 g/mol. The van der Waals surface area contributed by atoms with Crippen LogP contribution in [0, 0.1) is 0 Å². The van der Waals surface area contributed by atoms with E-state index in [1.807, 2.05) is 54.6 Å². The molecule has 2 aliphatic heterocycles. The molecule has 2 heterocycles. The van der Waals surface area contributed by atoms with Gasteiger partial charge in [0, 0.05) is 19.4 Å². The van der Waals surface area contributed by atoms with Gasteiger partial charge < -0.3 is 14.8 Å². The number of benzene rings is 2. The zero-order valence-electron chi connectivity index (χ0n) is 20.8. The van der Waals surface area contributed by atoms with Gasteiger partial charge in [0.05, 0.1) is 12.5 Å². The van der Waals surface area contributed by atoms with E-state index in [-0.39, 0.29) is 25.4 Å². The Hall–Kier alpha value is -3.03. The molecule has 4 rings (SSSR count). The van der Waals surface area contributed by atoms with E-state index in [1.54, 1.807) is 20.8 Å². The summed E-state index contributed by atoms with van der Waals surface area (Å²) in [6, 6.07) is 16.3. The third kappa shape index (κ3) is 5.46. The average molecular weight is 480 g/mol. The highest BCUT2D eigenvalue weighted by Gasteiger charge is 2.59. The minimum atomic E-state index is -0.775. The van der Waals surface area contributed by atoms with Crippen molar-refractivity contribution in [1.29, 1.82) is 0 Å². The lowest BCUT2D eigenvalue weighted by molar-refractivity contribution is -0.799. The van der Waals surface area contributed by atoms with E-state index in [9.17, 15) is 14.4 Å². The highest BCUT2D eigenvalue weighted by Crippen LogP contribution is 2.36. The average Bonchev–Trinajstić information content (AvgIpc) is 3.26. The minimum absolute atomic E-state index is 0.0223. The number of likely N-dealkylation sites (tertiary alicyclic amines) is 1. The van der Waals surface area contributed by atoms with E-state index in [0.29, 0.717) is 19.4 Å². The van der Waals surface area contributed by atoms with Crippen molar-refractivity contribution in [2.45, 2.75) is 70.7 Å². The van der Waals surface area contributed by atoms with E-state index in [0.717, 1.165) is 23.1 Å². The Kier molecular flexibility index (Phi) is 7.38. The smallest absolute Gasteiger partial charge is 0.415 e. The Bertz CT molecular complexity index is 1080. The maximum Gasteiger partial charge on any atom is 0.527 e. The van der Waals surface area contributed by atoms with E-state index in [2.05, 4.69) is 5.32 Å². The molecule has 0 aromatic heterocycles. The third-order valence-electron chi connectivity index (χ3n) is 6.79. The first-order valence-corrected chi connectivity index (χ1v) is 12.4. The summed E-state index contributed by atoms with van der Waals surface area (Å²) in [5, 5.41) is 3.33.